The Kier molecular flexibility index (Phi) is 3.63. The van der Waals surface area contributed by atoms with Crippen molar-refractivity contribution in [1.82, 2.24) is 4.98 Å². The molecule has 0 aliphatic heterocycles. The minimum Gasteiger partial charge on any atom is -0.481 e. The van der Waals surface area contributed by atoms with E-state index < -0.39 is 5.97 Å². The van der Waals surface area contributed by atoms with E-state index in [0.717, 1.165) is 32.2 Å². The van der Waals surface area contributed by atoms with Crippen LogP contribution in [-0.2, 0) is 11.2 Å². The number of carboxylic acid groups (broad SMARTS) is 1. The van der Waals surface area contributed by atoms with Gasteiger partial charge in [0, 0.05) is 25.2 Å². The standard InChI is InChI=1S/C16H14BrNO2S/c1-8-6-11(9(2)21-8)15-12(7-14(19)20)10-4-3-5-13(17)16(10)18-15/h3-6,18H,7H2,1-2H3,(H,19,20). The quantitative estimate of drug-likeness (QED) is 0.694. The first kappa shape index (κ1) is 14.4. The maximum absolute atomic E-state index is 11.2. The molecule has 0 aliphatic rings. The lowest BCUT2D eigenvalue weighted by Crippen LogP contribution is -2.00. The van der Waals surface area contributed by atoms with Gasteiger partial charge in [0.25, 0.3) is 0 Å². The number of benzene rings is 1. The van der Waals surface area contributed by atoms with E-state index >= 15 is 0 Å². The van der Waals surface area contributed by atoms with E-state index in [1.807, 2.05) is 18.2 Å². The highest BCUT2D eigenvalue weighted by molar-refractivity contribution is 9.10. The van der Waals surface area contributed by atoms with Gasteiger partial charge in [0.05, 0.1) is 17.6 Å². The van der Waals surface area contributed by atoms with Crippen LogP contribution in [0.4, 0.5) is 0 Å². The molecule has 1 aromatic carbocycles. The first-order valence-corrected chi connectivity index (χ1v) is 8.16. The summed E-state index contributed by atoms with van der Waals surface area (Å²) in [5, 5.41) is 10.2. The molecule has 108 valence electrons. The molecule has 3 aromatic rings. The molecule has 3 nitrogen and oxygen atoms in total. The molecule has 0 bridgehead atoms. The molecule has 3 rings (SSSR count). The fourth-order valence-corrected chi connectivity index (χ4v) is 4.08. The van der Waals surface area contributed by atoms with E-state index in [1.54, 1.807) is 11.3 Å². The molecule has 2 aromatic heterocycles. The highest BCUT2D eigenvalue weighted by Gasteiger charge is 2.19. The zero-order chi connectivity index (χ0) is 15.1. The average molecular weight is 364 g/mol. The van der Waals surface area contributed by atoms with Crippen LogP contribution in [0.1, 0.15) is 15.3 Å². The lowest BCUT2D eigenvalue weighted by atomic mass is 10.0. The summed E-state index contributed by atoms with van der Waals surface area (Å²) in [6.45, 7) is 4.13. The maximum atomic E-state index is 11.2. The number of thiophene rings is 1. The average Bonchev–Trinajstić information content (AvgIpc) is 2.91. The second kappa shape index (κ2) is 5.31. The van der Waals surface area contributed by atoms with Gasteiger partial charge in [0.2, 0.25) is 0 Å². The van der Waals surface area contributed by atoms with Crippen LogP contribution in [0.25, 0.3) is 22.2 Å². The van der Waals surface area contributed by atoms with Crippen LogP contribution in [0.5, 0.6) is 0 Å². The second-order valence-corrected chi connectivity index (χ2v) is 7.35. The smallest absolute Gasteiger partial charge is 0.307 e. The van der Waals surface area contributed by atoms with Gasteiger partial charge in [-0.25, -0.2) is 0 Å². The summed E-state index contributed by atoms with van der Waals surface area (Å²) >= 11 is 5.26. The van der Waals surface area contributed by atoms with Crippen molar-refractivity contribution in [2.45, 2.75) is 20.3 Å². The van der Waals surface area contributed by atoms with Crippen LogP contribution < -0.4 is 0 Å². The Balaban J connectivity index is 2.33. The Bertz CT molecular complexity index is 847. The number of aryl methyl sites for hydroxylation is 2. The lowest BCUT2D eigenvalue weighted by Gasteiger charge is -2.02. The van der Waals surface area contributed by atoms with Gasteiger partial charge in [-0.1, -0.05) is 12.1 Å². The zero-order valence-electron chi connectivity index (χ0n) is 11.7. The Morgan fingerprint density at radius 2 is 2.14 bits per heavy atom. The Morgan fingerprint density at radius 1 is 1.38 bits per heavy atom. The Morgan fingerprint density at radius 3 is 2.76 bits per heavy atom. The topological polar surface area (TPSA) is 53.1 Å². The zero-order valence-corrected chi connectivity index (χ0v) is 14.1. The number of aromatic amines is 1. The summed E-state index contributed by atoms with van der Waals surface area (Å²) in [6, 6.07) is 7.97. The normalized spacial score (nSPS) is 11.2. The molecule has 0 amide bonds. The number of H-pyrrole nitrogens is 1. The van der Waals surface area contributed by atoms with Crippen LogP contribution in [0.15, 0.2) is 28.7 Å². The minimum absolute atomic E-state index is 0.0140. The highest BCUT2D eigenvalue weighted by Crippen LogP contribution is 2.38. The van der Waals surface area contributed by atoms with Crippen molar-refractivity contribution in [3.05, 3.63) is 44.1 Å². The maximum Gasteiger partial charge on any atom is 0.307 e. The van der Waals surface area contributed by atoms with Gasteiger partial charge in [-0.05, 0) is 47.5 Å². The van der Waals surface area contributed by atoms with Gasteiger partial charge < -0.3 is 10.1 Å². The molecule has 0 unspecified atom stereocenters. The molecule has 2 heterocycles. The van der Waals surface area contributed by atoms with Gasteiger partial charge in [0.1, 0.15) is 0 Å². The number of rotatable bonds is 3. The largest absolute Gasteiger partial charge is 0.481 e. The molecule has 0 saturated carbocycles. The number of aliphatic carboxylic acids is 1. The van der Waals surface area contributed by atoms with E-state index in [-0.39, 0.29) is 6.42 Å². The Labute approximate surface area is 134 Å². The van der Waals surface area contributed by atoms with Crippen molar-refractivity contribution in [3.8, 4) is 11.3 Å². The first-order chi connectivity index (χ1) is 9.97. The highest BCUT2D eigenvalue weighted by atomic mass is 79.9. The van der Waals surface area contributed by atoms with E-state index in [9.17, 15) is 9.90 Å². The number of carbonyl (C=O) groups is 1. The fourth-order valence-electron chi connectivity index (χ4n) is 2.68. The van der Waals surface area contributed by atoms with Crippen molar-refractivity contribution < 1.29 is 9.90 Å². The molecule has 21 heavy (non-hydrogen) atoms. The van der Waals surface area contributed by atoms with E-state index in [0.29, 0.717) is 0 Å². The van der Waals surface area contributed by atoms with Crippen LogP contribution in [0, 0.1) is 13.8 Å². The van der Waals surface area contributed by atoms with Crippen molar-refractivity contribution in [1.29, 1.82) is 0 Å². The molecule has 0 fully saturated rings. The molecule has 0 saturated heterocycles. The number of hydrogen-bond donors (Lipinski definition) is 2. The van der Waals surface area contributed by atoms with Gasteiger partial charge in [-0.15, -0.1) is 11.3 Å². The van der Waals surface area contributed by atoms with Gasteiger partial charge in [0.15, 0.2) is 0 Å². The van der Waals surface area contributed by atoms with Gasteiger partial charge in [-0.3, -0.25) is 4.79 Å². The predicted octanol–water partition coefficient (Wildman–Crippen LogP) is 4.90. The van der Waals surface area contributed by atoms with Crippen LogP contribution in [-0.4, -0.2) is 16.1 Å². The number of aromatic nitrogens is 1. The van der Waals surface area contributed by atoms with Crippen LogP contribution in [0.2, 0.25) is 0 Å². The Hall–Kier alpha value is -1.59. The molecule has 5 heteroatoms. The predicted molar refractivity (Wildman–Crippen MR) is 90.1 cm³/mol. The molecular formula is C16H14BrNO2S. The molecule has 0 spiro atoms. The van der Waals surface area contributed by atoms with Gasteiger partial charge in [-0.2, -0.15) is 0 Å². The van der Waals surface area contributed by atoms with E-state index in [4.69, 9.17) is 0 Å². The van der Waals surface area contributed by atoms with E-state index in [2.05, 4.69) is 40.8 Å². The summed E-state index contributed by atoms with van der Waals surface area (Å²) in [7, 11) is 0. The molecule has 2 N–H and O–H groups in total. The molecule has 0 radical (unpaired) electrons. The number of hydrogen-bond acceptors (Lipinski definition) is 2. The molecule has 0 atom stereocenters. The second-order valence-electron chi connectivity index (χ2n) is 5.04. The molecule has 0 aliphatic carbocycles. The van der Waals surface area contributed by atoms with Gasteiger partial charge >= 0.3 is 5.97 Å². The summed E-state index contributed by atoms with van der Waals surface area (Å²) in [5.41, 5.74) is 3.81. The molecular weight excluding hydrogens is 350 g/mol. The summed E-state index contributed by atoms with van der Waals surface area (Å²) in [5.74, 6) is -0.818. The van der Waals surface area contributed by atoms with E-state index in [1.165, 1.54) is 9.75 Å². The number of fused-ring (bicyclic) bond motifs is 1. The van der Waals surface area contributed by atoms with Crippen molar-refractivity contribution >= 4 is 44.1 Å². The monoisotopic (exact) mass is 363 g/mol. The van der Waals surface area contributed by atoms with Crippen molar-refractivity contribution in [2.24, 2.45) is 0 Å². The SMILES string of the molecule is Cc1cc(-c2[nH]c3c(Br)cccc3c2CC(=O)O)c(C)s1. The minimum atomic E-state index is -0.818. The third-order valence-corrected chi connectivity index (χ3v) is 5.16. The number of carboxylic acids is 1. The van der Waals surface area contributed by atoms with Crippen LogP contribution in [0.3, 0.4) is 0 Å². The number of para-hydroxylation sites is 1. The third kappa shape index (κ3) is 2.51. The summed E-state index contributed by atoms with van der Waals surface area (Å²) in [6.07, 6.45) is 0.0140. The lowest BCUT2D eigenvalue weighted by molar-refractivity contribution is -0.136. The summed E-state index contributed by atoms with van der Waals surface area (Å²) in [4.78, 5) is 17.1. The third-order valence-electron chi connectivity index (χ3n) is 3.53. The van der Waals surface area contributed by atoms with Crippen molar-refractivity contribution in [3.63, 3.8) is 0 Å². The summed E-state index contributed by atoms with van der Waals surface area (Å²) < 4.78 is 0.947. The fraction of sp³-hybridized carbons (Fsp3) is 0.188. The first-order valence-electron chi connectivity index (χ1n) is 6.55. The number of halogens is 1. The number of nitrogens with one attached hydrogen (secondary N) is 1. The van der Waals surface area contributed by atoms with Crippen LogP contribution >= 0.6 is 27.3 Å². The van der Waals surface area contributed by atoms with Crippen molar-refractivity contribution in [2.75, 3.05) is 0 Å².